The lowest BCUT2D eigenvalue weighted by Crippen LogP contribution is -2.29. The standard InChI is InChI=1S/C16H15Cl2NO2S/c17-13-7-4-8-14(18)16(13)22-11-15(20)19-9-10-21-12-5-2-1-3-6-12/h1-8H,9-11H2,(H,19,20). The summed E-state index contributed by atoms with van der Waals surface area (Å²) >= 11 is 13.4. The molecule has 1 N–H and O–H groups in total. The molecule has 0 fully saturated rings. The summed E-state index contributed by atoms with van der Waals surface area (Å²) in [7, 11) is 0. The van der Waals surface area contributed by atoms with Crippen LogP contribution in [0.2, 0.25) is 10.0 Å². The molecule has 0 atom stereocenters. The van der Waals surface area contributed by atoms with Crippen LogP contribution in [0.5, 0.6) is 5.75 Å². The number of hydrogen-bond donors (Lipinski definition) is 1. The maximum atomic E-state index is 11.8. The molecule has 0 saturated heterocycles. The molecule has 0 saturated carbocycles. The van der Waals surface area contributed by atoms with Crippen LogP contribution >= 0.6 is 35.0 Å². The van der Waals surface area contributed by atoms with E-state index in [1.165, 1.54) is 11.8 Å². The molecule has 0 aliphatic heterocycles. The van der Waals surface area contributed by atoms with Crippen molar-refractivity contribution in [2.24, 2.45) is 0 Å². The van der Waals surface area contributed by atoms with E-state index in [4.69, 9.17) is 27.9 Å². The van der Waals surface area contributed by atoms with Gasteiger partial charge in [0.05, 0.1) is 22.3 Å². The monoisotopic (exact) mass is 355 g/mol. The van der Waals surface area contributed by atoms with Crippen LogP contribution in [-0.4, -0.2) is 24.8 Å². The first-order chi connectivity index (χ1) is 10.7. The average Bonchev–Trinajstić information content (AvgIpc) is 2.52. The van der Waals surface area contributed by atoms with E-state index >= 15 is 0 Å². The lowest BCUT2D eigenvalue weighted by atomic mass is 10.3. The lowest BCUT2D eigenvalue weighted by Gasteiger charge is -2.08. The Labute approximate surface area is 144 Å². The van der Waals surface area contributed by atoms with Gasteiger partial charge in [0.1, 0.15) is 12.4 Å². The lowest BCUT2D eigenvalue weighted by molar-refractivity contribution is -0.118. The molecule has 1 amide bonds. The third kappa shape index (κ3) is 5.44. The SMILES string of the molecule is O=C(CSc1c(Cl)cccc1Cl)NCCOc1ccccc1. The predicted octanol–water partition coefficient (Wildman–Crippen LogP) is 4.28. The van der Waals surface area contributed by atoms with Gasteiger partial charge in [-0.1, -0.05) is 47.5 Å². The number of nitrogens with one attached hydrogen (secondary N) is 1. The number of amides is 1. The molecule has 0 radical (unpaired) electrons. The smallest absolute Gasteiger partial charge is 0.230 e. The number of hydrogen-bond acceptors (Lipinski definition) is 3. The highest BCUT2D eigenvalue weighted by molar-refractivity contribution is 8.00. The molecule has 0 unspecified atom stereocenters. The molecule has 22 heavy (non-hydrogen) atoms. The molecule has 0 heterocycles. The summed E-state index contributed by atoms with van der Waals surface area (Å²) in [4.78, 5) is 12.5. The van der Waals surface area contributed by atoms with Crippen molar-refractivity contribution < 1.29 is 9.53 Å². The third-order valence-electron chi connectivity index (χ3n) is 2.70. The van der Waals surface area contributed by atoms with E-state index in [2.05, 4.69) is 5.32 Å². The van der Waals surface area contributed by atoms with Gasteiger partial charge in [0.2, 0.25) is 5.91 Å². The first-order valence-electron chi connectivity index (χ1n) is 6.68. The van der Waals surface area contributed by atoms with Crippen LogP contribution in [0, 0.1) is 0 Å². The number of rotatable bonds is 7. The van der Waals surface area contributed by atoms with Crippen LogP contribution in [0.3, 0.4) is 0 Å². The molecule has 116 valence electrons. The quantitative estimate of drug-likeness (QED) is 0.594. The number of thioether (sulfide) groups is 1. The highest BCUT2D eigenvalue weighted by Gasteiger charge is 2.09. The van der Waals surface area contributed by atoms with Gasteiger partial charge < -0.3 is 10.1 Å². The molecule has 3 nitrogen and oxygen atoms in total. The van der Waals surface area contributed by atoms with E-state index in [0.29, 0.717) is 23.2 Å². The second-order valence-electron chi connectivity index (χ2n) is 4.35. The fourth-order valence-corrected chi connectivity index (χ4v) is 3.20. The number of ether oxygens (including phenoxy) is 1. The normalized spacial score (nSPS) is 10.3. The number of para-hydroxylation sites is 1. The zero-order chi connectivity index (χ0) is 15.8. The highest BCUT2D eigenvalue weighted by atomic mass is 35.5. The summed E-state index contributed by atoms with van der Waals surface area (Å²) in [5.41, 5.74) is 0. The van der Waals surface area contributed by atoms with Crippen molar-refractivity contribution in [1.29, 1.82) is 0 Å². The van der Waals surface area contributed by atoms with Gasteiger partial charge in [-0.3, -0.25) is 4.79 Å². The van der Waals surface area contributed by atoms with E-state index in [1.54, 1.807) is 18.2 Å². The van der Waals surface area contributed by atoms with Crippen molar-refractivity contribution in [2.75, 3.05) is 18.9 Å². The zero-order valence-electron chi connectivity index (χ0n) is 11.7. The van der Waals surface area contributed by atoms with Crippen LogP contribution in [0.25, 0.3) is 0 Å². The zero-order valence-corrected chi connectivity index (χ0v) is 14.0. The molecule has 2 aromatic rings. The van der Waals surface area contributed by atoms with Gasteiger partial charge >= 0.3 is 0 Å². The summed E-state index contributed by atoms with van der Waals surface area (Å²) < 4.78 is 5.49. The van der Waals surface area contributed by atoms with Crippen LogP contribution in [0.4, 0.5) is 0 Å². The van der Waals surface area contributed by atoms with E-state index < -0.39 is 0 Å². The summed E-state index contributed by atoms with van der Waals surface area (Å²) in [5, 5.41) is 3.90. The Morgan fingerprint density at radius 1 is 1.05 bits per heavy atom. The van der Waals surface area contributed by atoms with Crippen molar-refractivity contribution in [2.45, 2.75) is 4.90 Å². The first-order valence-corrected chi connectivity index (χ1v) is 8.42. The molecule has 0 aliphatic carbocycles. The molecule has 0 aliphatic rings. The Bertz CT molecular complexity index is 603. The Balaban J connectivity index is 1.68. The van der Waals surface area contributed by atoms with Gasteiger partial charge in [-0.15, -0.1) is 11.8 Å². The summed E-state index contributed by atoms with van der Waals surface area (Å²) in [6.45, 7) is 0.873. The molecule has 0 bridgehead atoms. The van der Waals surface area contributed by atoms with Gasteiger partial charge in [0.25, 0.3) is 0 Å². The number of benzene rings is 2. The van der Waals surface area contributed by atoms with Gasteiger partial charge in [0.15, 0.2) is 0 Å². The minimum absolute atomic E-state index is 0.0855. The molecule has 2 rings (SSSR count). The Morgan fingerprint density at radius 3 is 2.41 bits per heavy atom. The molecule has 0 aromatic heterocycles. The molecule has 6 heteroatoms. The minimum atomic E-state index is -0.0855. The average molecular weight is 356 g/mol. The third-order valence-corrected chi connectivity index (χ3v) is 4.69. The van der Waals surface area contributed by atoms with E-state index in [0.717, 1.165) is 10.6 Å². The number of carbonyl (C=O) groups excluding carboxylic acids is 1. The molecular weight excluding hydrogens is 341 g/mol. The van der Waals surface area contributed by atoms with Crippen molar-refractivity contribution in [3.63, 3.8) is 0 Å². The van der Waals surface area contributed by atoms with Crippen LogP contribution < -0.4 is 10.1 Å². The number of carbonyl (C=O) groups is 1. The van der Waals surface area contributed by atoms with Gasteiger partial charge in [-0.2, -0.15) is 0 Å². The maximum absolute atomic E-state index is 11.8. The summed E-state index contributed by atoms with van der Waals surface area (Å²) in [5.74, 6) is 0.959. The first kappa shape index (κ1) is 17.0. The topological polar surface area (TPSA) is 38.3 Å². The van der Waals surface area contributed by atoms with E-state index in [-0.39, 0.29) is 11.7 Å². The van der Waals surface area contributed by atoms with Crippen molar-refractivity contribution >= 4 is 40.9 Å². The van der Waals surface area contributed by atoms with Crippen LogP contribution in [0.1, 0.15) is 0 Å². The van der Waals surface area contributed by atoms with Gasteiger partial charge in [0, 0.05) is 4.90 Å². The fraction of sp³-hybridized carbons (Fsp3) is 0.188. The Kier molecular flexibility index (Phi) is 6.90. The van der Waals surface area contributed by atoms with Crippen LogP contribution in [0.15, 0.2) is 53.4 Å². The van der Waals surface area contributed by atoms with E-state index in [9.17, 15) is 4.79 Å². The predicted molar refractivity (Wildman–Crippen MR) is 92.1 cm³/mol. The van der Waals surface area contributed by atoms with Crippen molar-refractivity contribution in [3.8, 4) is 5.75 Å². The van der Waals surface area contributed by atoms with Gasteiger partial charge in [-0.25, -0.2) is 0 Å². The number of halogens is 2. The molecule has 2 aromatic carbocycles. The molecule has 0 spiro atoms. The van der Waals surface area contributed by atoms with Crippen molar-refractivity contribution in [3.05, 3.63) is 58.6 Å². The second kappa shape index (κ2) is 8.93. The molecular formula is C16H15Cl2NO2S. The maximum Gasteiger partial charge on any atom is 0.230 e. The Morgan fingerprint density at radius 2 is 1.73 bits per heavy atom. The summed E-state index contributed by atoms with van der Waals surface area (Å²) in [6.07, 6.45) is 0. The highest BCUT2D eigenvalue weighted by Crippen LogP contribution is 2.33. The fourth-order valence-electron chi connectivity index (χ4n) is 1.69. The Hall–Kier alpha value is -1.36. The van der Waals surface area contributed by atoms with Gasteiger partial charge in [-0.05, 0) is 24.3 Å². The van der Waals surface area contributed by atoms with Crippen molar-refractivity contribution in [1.82, 2.24) is 5.32 Å². The van der Waals surface area contributed by atoms with Crippen LogP contribution in [-0.2, 0) is 4.79 Å². The minimum Gasteiger partial charge on any atom is -0.492 e. The summed E-state index contributed by atoms with van der Waals surface area (Å²) in [6, 6.07) is 14.7. The van der Waals surface area contributed by atoms with E-state index in [1.807, 2.05) is 30.3 Å². The largest absolute Gasteiger partial charge is 0.492 e. The second-order valence-corrected chi connectivity index (χ2v) is 6.15.